The van der Waals surface area contributed by atoms with E-state index < -0.39 is 0 Å². The van der Waals surface area contributed by atoms with Crippen LogP contribution in [0.4, 0.5) is 0 Å². The van der Waals surface area contributed by atoms with Gasteiger partial charge in [-0.05, 0) is 25.5 Å². The van der Waals surface area contributed by atoms with Crippen LogP contribution in [0.25, 0.3) is 0 Å². The third-order valence-electron chi connectivity index (χ3n) is 3.26. The minimum absolute atomic E-state index is 0.0970. The highest BCUT2D eigenvalue weighted by atomic mass is 16.5. The molecule has 0 bridgehead atoms. The number of benzene rings is 1. The minimum atomic E-state index is 0.0970. The summed E-state index contributed by atoms with van der Waals surface area (Å²) in [5.41, 5.74) is 1.26. The van der Waals surface area contributed by atoms with Crippen LogP contribution in [0.15, 0.2) is 36.7 Å². The quantitative estimate of drug-likeness (QED) is 0.846. The lowest BCUT2D eigenvalue weighted by Crippen LogP contribution is -2.22. The van der Waals surface area contributed by atoms with Gasteiger partial charge in [0.15, 0.2) is 5.75 Å². The van der Waals surface area contributed by atoms with Gasteiger partial charge in [0.2, 0.25) is 0 Å². The molecule has 1 aromatic carbocycles. The Kier molecular flexibility index (Phi) is 3.15. The molecule has 100 valence electrons. The topological polar surface area (TPSA) is 36.3 Å². The second kappa shape index (κ2) is 4.96. The molecule has 0 saturated heterocycles. The minimum Gasteiger partial charge on any atom is -0.486 e. The molecular weight excluding hydrogens is 240 g/mol. The van der Waals surface area contributed by atoms with Crippen LogP contribution in [0.1, 0.15) is 25.5 Å². The lowest BCUT2D eigenvalue weighted by molar-refractivity contribution is 0.148. The maximum absolute atomic E-state index is 5.83. The highest BCUT2D eigenvalue weighted by Crippen LogP contribution is 2.28. The molecule has 0 N–H and O–H groups in total. The Morgan fingerprint density at radius 1 is 1.42 bits per heavy atom. The summed E-state index contributed by atoms with van der Waals surface area (Å²) in [5.74, 6) is 1.78. The summed E-state index contributed by atoms with van der Waals surface area (Å²) in [5, 5.41) is 4.25. The van der Waals surface area contributed by atoms with E-state index in [1.807, 2.05) is 29.1 Å². The van der Waals surface area contributed by atoms with Crippen LogP contribution in [-0.2, 0) is 6.42 Å². The fourth-order valence-electron chi connectivity index (χ4n) is 2.21. The molecule has 4 nitrogen and oxygen atoms in total. The van der Waals surface area contributed by atoms with Crippen LogP contribution < -0.4 is 9.47 Å². The number of nitrogens with zero attached hydrogens (tertiary/aromatic N) is 2. The highest BCUT2D eigenvalue weighted by molar-refractivity contribution is 5.37. The molecule has 0 radical (unpaired) electrons. The number of fused-ring (bicyclic) bond motifs is 1. The Hall–Kier alpha value is -1.97. The molecule has 1 aromatic heterocycles. The standard InChI is InChI=1S/C15H18N2O2/c1-11(2)17-9-14(8-16-17)18-10-13-7-12-5-3-4-6-15(12)19-13/h3-6,8-9,11,13H,7,10H2,1-2H3. The zero-order valence-corrected chi connectivity index (χ0v) is 11.2. The van der Waals surface area contributed by atoms with Gasteiger partial charge in [-0.1, -0.05) is 18.2 Å². The maximum Gasteiger partial charge on any atom is 0.157 e. The first-order valence-corrected chi connectivity index (χ1v) is 6.64. The summed E-state index contributed by atoms with van der Waals surface area (Å²) >= 11 is 0. The molecule has 1 unspecified atom stereocenters. The van der Waals surface area contributed by atoms with Crippen LogP contribution in [0.2, 0.25) is 0 Å². The van der Waals surface area contributed by atoms with Gasteiger partial charge in [0.1, 0.15) is 18.5 Å². The van der Waals surface area contributed by atoms with Crippen molar-refractivity contribution in [1.29, 1.82) is 0 Å². The number of hydrogen-bond donors (Lipinski definition) is 0. The first-order chi connectivity index (χ1) is 9.22. The second-order valence-electron chi connectivity index (χ2n) is 5.11. The van der Waals surface area contributed by atoms with Gasteiger partial charge in [-0.15, -0.1) is 0 Å². The monoisotopic (exact) mass is 258 g/mol. The van der Waals surface area contributed by atoms with E-state index in [1.165, 1.54) is 5.56 Å². The Balaban J connectivity index is 1.56. The van der Waals surface area contributed by atoms with Gasteiger partial charge in [0.05, 0.1) is 12.4 Å². The average Bonchev–Trinajstić information content (AvgIpc) is 3.02. The van der Waals surface area contributed by atoms with E-state index in [0.717, 1.165) is 17.9 Å². The molecule has 4 heteroatoms. The van der Waals surface area contributed by atoms with Crippen LogP contribution in [0.5, 0.6) is 11.5 Å². The fraction of sp³-hybridized carbons (Fsp3) is 0.400. The molecule has 2 heterocycles. The summed E-state index contributed by atoms with van der Waals surface area (Å²) < 4.78 is 13.5. The largest absolute Gasteiger partial charge is 0.486 e. The van der Waals surface area contributed by atoms with Gasteiger partial charge in [0, 0.05) is 12.5 Å². The van der Waals surface area contributed by atoms with Crippen molar-refractivity contribution in [1.82, 2.24) is 9.78 Å². The van der Waals surface area contributed by atoms with E-state index in [0.29, 0.717) is 12.6 Å². The third-order valence-corrected chi connectivity index (χ3v) is 3.26. The van der Waals surface area contributed by atoms with E-state index in [2.05, 4.69) is 25.0 Å². The number of ether oxygens (including phenoxy) is 2. The van der Waals surface area contributed by atoms with E-state index in [9.17, 15) is 0 Å². The van der Waals surface area contributed by atoms with Gasteiger partial charge >= 0.3 is 0 Å². The molecule has 0 spiro atoms. The van der Waals surface area contributed by atoms with Crippen LogP contribution in [-0.4, -0.2) is 22.5 Å². The predicted molar refractivity (Wildman–Crippen MR) is 72.7 cm³/mol. The molecule has 0 fully saturated rings. The fourth-order valence-corrected chi connectivity index (χ4v) is 2.21. The Bertz CT molecular complexity index is 538. The van der Waals surface area contributed by atoms with Crippen LogP contribution in [0, 0.1) is 0 Å². The molecule has 1 aliphatic heterocycles. The van der Waals surface area contributed by atoms with Gasteiger partial charge in [0.25, 0.3) is 0 Å². The summed E-state index contributed by atoms with van der Waals surface area (Å²) in [4.78, 5) is 0. The normalized spacial score (nSPS) is 17.3. The first-order valence-electron chi connectivity index (χ1n) is 6.64. The van der Waals surface area contributed by atoms with Crippen molar-refractivity contribution in [2.45, 2.75) is 32.4 Å². The van der Waals surface area contributed by atoms with Crippen molar-refractivity contribution in [3.63, 3.8) is 0 Å². The molecule has 0 saturated carbocycles. The summed E-state index contributed by atoms with van der Waals surface area (Å²) in [6, 6.07) is 8.50. The Morgan fingerprint density at radius 2 is 2.26 bits per heavy atom. The van der Waals surface area contributed by atoms with Crippen LogP contribution >= 0.6 is 0 Å². The highest BCUT2D eigenvalue weighted by Gasteiger charge is 2.22. The van der Waals surface area contributed by atoms with Gasteiger partial charge < -0.3 is 9.47 Å². The van der Waals surface area contributed by atoms with E-state index in [4.69, 9.17) is 9.47 Å². The number of hydrogen-bond acceptors (Lipinski definition) is 3. The molecular formula is C15H18N2O2. The van der Waals surface area contributed by atoms with Gasteiger partial charge in [-0.25, -0.2) is 0 Å². The molecule has 0 aliphatic carbocycles. The van der Waals surface area contributed by atoms with Gasteiger partial charge in [-0.2, -0.15) is 5.10 Å². The second-order valence-corrected chi connectivity index (χ2v) is 5.11. The zero-order valence-electron chi connectivity index (χ0n) is 11.2. The smallest absolute Gasteiger partial charge is 0.157 e. The van der Waals surface area contributed by atoms with Crippen molar-refractivity contribution in [3.05, 3.63) is 42.2 Å². The number of para-hydroxylation sites is 1. The lowest BCUT2D eigenvalue weighted by Gasteiger charge is -2.11. The molecule has 1 atom stereocenters. The molecule has 2 aromatic rings. The SMILES string of the molecule is CC(C)n1cc(OCC2Cc3ccccc3O2)cn1. The Morgan fingerprint density at radius 3 is 3.00 bits per heavy atom. The van der Waals surface area contributed by atoms with Crippen molar-refractivity contribution < 1.29 is 9.47 Å². The van der Waals surface area contributed by atoms with E-state index >= 15 is 0 Å². The number of aromatic nitrogens is 2. The molecule has 1 aliphatic rings. The summed E-state index contributed by atoms with van der Waals surface area (Å²) in [7, 11) is 0. The predicted octanol–water partition coefficient (Wildman–Crippen LogP) is 2.85. The van der Waals surface area contributed by atoms with Crippen molar-refractivity contribution in [2.24, 2.45) is 0 Å². The molecule has 0 amide bonds. The Labute approximate surface area is 113 Å². The van der Waals surface area contributed by atoms with Crippen molar-refractivity contribution in [3.8, 4) is 11.5 Å². The molecule has 3 rings (SSSR count). The third kappa shape index (κ3) is 2.57. The van der Waals surface area contributed by atoms with E-state index in [1.54, 1.807) is 6.20 Å². The summed E-state index contributed by atoms with van der Waals surface area (Å²) in [6.45, 7) is 4.74. The molecule has 19 heavy (non-hydrogen) atoms. The zero-order chi connectivity index (χ0) is 13.2. The van der Waals surface area contributed by atoms with Crippen molar-refractivity contribution >= 4 is 0 Å². The van der Waals surface area contributed by atoms with Crippen molar-refractivity contribution in [2.75, 3.05) is 6.61 Å². The number of rotatable bonds is 4. The van der Waals surface area contributed by atoms with E-state index in [-0.39, 0.29) is 6.10 Å². The average molecular weight is 258 g/mol. The van der Waals surface area contributed by atoms with Gasteiger partial charge in [-0.3, -0.25) is 4.68 Å². The summed E-state index contributed by atoms with van der Waals surface area (Å²) in [6.07, 6.45) is 4.68. The first kappa shape index (κ1) is 12.1. The van der Waals surface area contributed by atoms with Crippen LogP contribution in [0.3, 0.4) is 0 Å². The lowest BCUT2D eigenvalue weighted by atomic mass is 10.1. The maximum atomic E-state index is 5.83.